The van der Waals surface area contributed by atoms with Gasteiger partial charge in [0, 0.05) is 24.3 Å². The highest BCUT2D eigenvalue weighted by atomic mass is 16.1. The molecule has 1 aliphatic carbocycles. The van der Waals surface area contributed by atoms with Crippen molar-refractivity contribution in [3.05, 3.63) is 24.3 Å². The zero-order valence-corrected chi connectivity index (χ0v) is 13.0. The third-order valence-electron chi connectivity index (χ3n) is 4.24. The number of nitrogens with two attached hydrogens (primary N) is 1. The molecule has 4 heteroatoms. The van der Waals surface area contributed by atoms with Crippen LogP contribution in [0.1, 0.15) is 39.0 Å². The number of nitrogen functional groups attached to an aromatic ring is 1. The van der Waals surface area contributed by atoms with Gasteiger partial charge >= 0.3 is 0 Å². The molecule has 0 bridgehead atoms. The molecule has 21 heavy (non-hydrogen) atoms. The van der Waals surface area contributed by atoms with E-state index in [0.29, 0.717) is 12.1 Å². The fraction of sp³-hybridized carbons (Fsp3) is 0.588. The van der Waals surface area contributed by atoms with Crippen molar-refractivity contribution in [2.75, 3.05) is 30.7 Å². The molecule has 1 aliphatic rings. The second-order valence-corrected chi connectivity index (χ2v) is 5.97. The molecule has 0 aliphatic heterocycles. The predicted octanol–water partition coefficient (Wildman–Crippen LogP) is 3.11. The minimum atomic E-state index is 0.0697. The number of rotatable bonds is 8. The van der Waals surface area contributed by atoms with Crippen LogP contribution in [-0.4, -0.2) is 30.4 Å². The van der Waals surface area contributed by atoms with Crippen LogP contribution in [0.15, 0.2) is 24.3 Å². The molecule has 0 radical (unpaired) electrons. The maximum Gasteiger partial charge on any atom is 0.224 e. The average Bonchev–Trinajstić information content (AvgIpc) is 2.40. The molecule has 0 aromatic heterocycles. The molecule has 0 saturated heterocycles. The van der Waals surface area contributed by atoms with E-state index in [9.17, 15) is 4.79 Å². The lowest BCUT2D eigenvalue weighted by atomic mass is 9.85. The number of amides is 1. The molecule has 0 spiro atoms. The van der Waals surface area contributed by atoms with Crippen LogP contribution in [0.3, 0.4) is 0 Å². The molecule has 1 saturated carbocycles. The van der Waals surface area contributed by atoms with Gasteiger partial charge in [0.2, 0.25) is 5.91 Å². The Labute approximate surface area is 127 Å². The second-order valence-electron chi connectivity index (χ2n) is 5.97. The van der Waals surface area contributed by atoms with Crippen molar-refractivity contribution in [3.8, 4) is 0 Å². The van der Waals surface area contributed by atoms with E-state index in [1.54, 1.807) is 6.07 Å². The van der Waals surface area contributed by atoms with Gasteiger partial charge in [-0.05, 0) is 56.5 Å². The number of nitrogens with one attached hydrogen (secondary N) is 1. The van der Waals surface area contributed by atoms with Crippen LogP contribution in [0, 0.1) is 5.92 Å². The van der Waals surface area contributed by atoms with Crippen LogP contribution in [0.4, 0.5) is 11.4 Å². The van der Waals surface area contributed by atoms with Crippen LogP contribution < -0.4 is 11.1 Å². The number of hydrogen-bond acceptors (Lipinski definition) is 3. The number of nitrogens with zero attached hydrogens (tertiary/aromatic N) is 1. The topological polar surface area (TPSA) is 58.4 Å². The van der Waals surface area contributed by atoms with E-state index >= 15 is 0 Å². The summed E-state index contributed by atoms with van der Waals surface area (Å²) in [5.74, 6) is 0.964. The maximum atomic E-state index is 11.9. The first-order valence-electron chi connectivity index (χ1n) is 8.05. The molecular weight excluding hydrogens is 262 g/mol. The minimum absolute atomic E-state index is 0.0697. The average molecular weight is 289 g/mol. The first kappa shape index (κ1) is 15.8. The monoisotopic (exact) mass is 289 g/mol. The summed E-state index contributed by atoms with van der Waals surface area (Å²) in [6.07, 6.45) is 5.63. The molecule has 0 unspecified atom stereocenters. The molecule has 0 heterocycles. The Morgan fingerprint density at radius 1 is 1.43 bits per heavy atom. The summed E-state index contributed by atoms with van der Waals surface area (Å²) >= 11 is 0. The predicted molar refractivity (Wildman–Crippen MR) is 88.2 cm³/mol. The lowest BCUT2D eigenvalue weighted by molar-refractivity contribution is -0.116. The van der Waals surface area contributed by atoms with Gasteiger partial charge in [-0.25, -0.2) is 0 Å². The number of hydrogen-bond donors (Lipinski definition) is 2. The Morgan fingerprint density at radius 2 is 2.24 bits per heavy atom. The van der Waals surface area contributed by atoms with Crippen LogP contribution in [0.2, 0.25) is 0 Å². The highest BCUT2D eigenvalue weighted by Gasteiger charge is 2.19. The quantitative estimate of drug-likeness (QED) is 0.723. The normalized spacial score (nSPS) is 15.0. The molecule has 2 rings (SSSR count). The van der Waals surface area contributed by atoms with Crippen molar-refractivity contribution in [3.63, 3.8) is 0 Å². The van der Waals surface area contributed by atoms with Crippen molar-refractivity contribution in [1.82, 2.24) is 4.90 Å². The standard InChI is InChI=1S/C17H27N3O/c1-2-20(13-14-6-3-7-14)11-5-10-17(21)19-16-9-4-8-15(18)12-16/h4,8-9,12,14H,2-3,5-7,10-11,13,18H2,1H3,(H,19,21). The van der Waals surface area contributed by atoms with Crippen LogP contribution in [0.25, 0.3) is 0 Å². The van der Waals surface area contributed by atoms with E-state index in [1.165, 1.54) is 25.8 Å². The lowest BCUT2D eigenvalue weighted by Gasteiger charge is -2.31. The molecule has 3 N–H and O–H groups in total. The zero-order chi connectivity index (χ0) is 15.1. The van der Waals surface area contributed by atoms with Crippen molar-refractivity contribution in [2.24, 2.45) is 5.92 Å². The van der Waals surface area contributed by atoms with E-state index in [0.717, 1.165) is 31.1 Å². The number of carbonyl (C=O) groups is 1. The molecule has 1 amide bonds. The third-order valence-corrected chi connectivity index (χ3v) is 4.24. The van der Waals surface area contributed by atoms with Crippen molar-refractivity contribution in [2.45, 2.75) is 39.0 Å². The highest BCUT2D eigenvalue weighted by molar-refractivity contribution is 5.91. The van der Waals surface area contributed by atoms with Gasteiger partial charge in [-0.15, -0.1) is 0 Å². The third kappa shape index (κ3) is 5.38. The summed E-state index contributed by atoms with van der Waals surface area (Å²) in [4.78, 5) is 14.4. The first-order chi connectivity index (χ1) is 10.2. The molecule has 4 nitrogen and oxygen atoms in total. The van der Waals surface area contributed by atoms with Gasteiger partial charge in [0.15, 0.2) is 0 Å². The second kappa shape index (κ2) is 8.03. The van der Waals surface area contributed by atoms with Crippen molar-refractivity contribution in [1.29, 1.82) is 0 Å². The number of benzene rings is 1. The maximum absolute atomic E-state index is 11.9. The SMILES string of the molecule is CCN(CCCC(=O)Nc1cccc(N)c1)CC1CCC1. The largest absolute Gasteiger partial charge is 0.399 e. The van der Waals surface area contributed by atoms with Crippen LogP contribution in [0.5, 0.6) is 0 Å². The number of anilines is 2. The molecule has 1 aromatic rings. The fourth-order valence-corrected chi connectivity index (χ4v) is 2.72. The Kier molecular flexibility index (Phi) is 6.05. The molecule has 1 aromatic carbocycles. The summed E-state index contributed by atoms with van der Waals surface area (Å²) < 4.78 is 0. The summed E-state index contributed by atoms with van der Waals surface area (Å²) in [5.41, 5.74) is 7.15. The number of carbonyl (C=O) groups excluding carboxylic acids is 1. The summed E-state index contributed by atoms with van der Waals surface area (Å²) in [6, 6.07) is 7.31. The molecular formula is C17H27N3O. The first-order valence-corrected chi connectivity index (χ1v) is 8.05. The highest BCUT2D eigenvalue weighted by Crippen LogP contribution is 2.27. The zero-order valence-electron chi connectivity index (χ0n) is 13.0. The van der Waals surface area contributed by atoms with Gasteiger partial charge in [0.05, 0.1) is 0 Å². The Balaban J connectivity index is 1.65. The Morgan fingerprint density at radius 3 is 2.86 bits per heavy atom. The van der Waals surface area contributed by atoms with E-state index in [2.05, 4.69) is 17.1 Å². The molecule has 116 valence electrons. The van der Waals surface area contributed by atoms with E-state index < -0.39 is 0 Å². The van der Waals surface area contributed by atoms with E-state index in [1.807, 2.05) is 18.2 Å². The smallest absolute Gasteiger partial charge is 0.224 e. The van der Waals surface area contributed by atoms with E-state index in [4.69, 9.17) is 5.73 Å². The van der Waals surface area contributed by atoms with Crippen molar-refractivity contribution < 1.29 is 4.79 Å². The summed E-state index contributed by atoms with van der Waals surface area (Å²) in [7, 11) is 0. The van der Waals surface area contributed by atoms with Gasteiger partial charge in [0.1, 0.15) is 0 Å². The molecule has 0 atom stereocenters. The summed E-state index contributed by atoms with van der Waals surface area (Å²) in [6.45, 7) is 5.49. The van der Waals surface area contributed by atoms with Gasteiger partial charge in [-0.3, -0.25) is 4.79 Å². The molecule has 1 fully saturated rings. The van der Waals surface area contributed by atoms with Gasteiger partial charge in [0.25, 0.3) is 0 Å². The van der Waals surface area contributed by atoms with Gasteiger partial charge < -0.3 is 16.0 Å². The summed E-state index contributed by atoms with van der Waals surface area (Å²) in [5, 5.41) is 2.90. The van der Waals surface area contributed by atoms with Gasteiger partial charge in [-0.2, -0.15) is 0 Å². The Hall–Kier alpha value is -1.55. The lowest BCUT2D eigenvalue weighted by Crippen LogP contribution is -2.33. The van der Waals surface area contributed by atoms with Gasteiger partial charge in [-0.1, -0.05) is 19.4 Å². The minimum Gasteiger partial charge on any atom is -0.399 e. The van der Waals surface area contributed by atoms with Crippen molar-refractivity contribution >= 4 is 17.3 Å². The fourth-order valence-electron chi connectivity index (χ4n) is 2.72. The van der Waals surface area contributed by atoms with Crippen LogP contribution >= 0.6 is 0 Å². The van der Waals surface area contributed by atoms with Crippen LogP contribution in [-0.2, 0) is 4.79 Å². The van der Waals surface area contributed by atoms with E-state index in [-0.39, 0.29) is 5.91 Å². The Bertz CT molecular complexity index is 457.